The van der Waals surface area contributed by atoms with Gasteiger partial charge in [-0.1, -0.05) is 46.5 Å². The number of ether oxygens (including phenoxy) is 2. The lowest BCUT2D eigenvalue weighted by atomic mass is 10.2. The van der Waals surface area contributed by atoms with E-state index in [9.17, 15) is 4.79 Å². The summed E-state index contributed by atoms with van der Waals surface area (Å²) in [5.41, 5.74) is 1.35. The summed E-state index contributed by atoms with van der Waals surface area (Å²) in [5.74, 6) is 1.94. The Morgan fingerprint density at radius 3 is 2.11 bits per heavy atom. The van der Waals surface area contributed by atoms with Crippen LogP contribution in [-0.4, -0.2) is 19.1 Å². The first-order valence-corrected chi connectivity index (χ1v) is 10.4. The third kappa shape index (κ3) is 8.03. The first-order chi connectivity index (χ1) is 13.6. The number of benzene rings is 2. The van der Waals surface area contributed by atoms with Gasteiger partial charge in [-0.05, 0) is 60.9 Å². The van der Waals surface area contributed by atoms with Gasteiger partial charge in [-0.2, -0.15) is 0 Å². The lowest BCUT2D eigenvalue weighted by Crippen LogP contribution is -2.12. The maximum atomic E-state index is 12.4. The molecule has 0 unspecified atom stereocenters. The third-order valence-corrected chi connectivity index (χ3v) is 4.33. The van der Waals surface area contributed by atoms with Crippen molar-refractivity contribution in [2.75, 3.05) is 18.5 Å². The predicted molar refractivity (Wildman–Crippen MR) is 115 cm³/mol. The van der Waals surface area contributed by atoms with Crippen LogP contribution in [0.15, 0.2) is 48.5 Å². The highest BCUT2D eigenvalue weighted by Gasteiger charge is 2.07. The van der Waals surface area contributed by atoms with Gasteiger partial charge in [-0.3, -0.25) is 4.79 Å². The number of rotatable bonds is 12. The van der Waals surface area contributed by atoms with E-state index < -0.39 is 0 Å². The fourth-order valence-electron chi connectivity index (χ4n) is 2.70. The minimum Gasteiger partial charge on any atom is -0.494 e. The molecule has 0 aliphatic heterocycles. The summed E-state index contributed by atoms with van der Waals surface area (Å²) >= 11 is 0. The van der Waals surface area contributed by atoms with Crippen molar-refractivity contribution in [1.82, 2.24) is 0 Å². The maximum absolute atomic E-state index is 12.4. The summed E-state index contributed by atoms with van der Waals surface area (Å²) in [6.45, 7) is 7.82. The minimum atomic E-state index is -0.139. The van der Waals surface area contributed by atoms with Crippen LogP contribution < -0.4 is 14.8 Å². The quantitative estimate of drug-likeness (QED) is 0.436. The highest BCUT2D eigenvalue weighted by atomic mass is 16.5. The number of unbranched alkanes of at least 4 members (excludes halogenated alkanes) is 4. The molecule has 0 atom stereocenters. The van der Waals surface area contributed by atoms with Gasteiger partial charge in [0.2, 0.25) is 0 Å². The van der Waals surface area contributed by atoms with Crippen molar-refractivity contribution in [3.63, 3.8) is 0 Å². The third-order valence-electron chi connectivity index (χ3n) is 4.33. The zero-order valence-corrected chi connectivity index (χ0v) is 17.4. The van der Waals surface area contributed by atoms with Gasteiger partial charge in [0, 0.05) is 11.3 Å². The van der Waals surface area contributed by atoms with Gasteiger partial charge >= 0.3 is 0 Å². The number of hydrogen-bond donors (Lipinski definition) is 1. The second-order valence-corrected chi connectivity index (χ2v) is 7.47. The molecule has 1 amide bonds. The average molecular weight is 384 g/mol. The van der Waals surface area contributed by atoms with E-state index in [1.165, 1.54) is 25.7 Å². The fraction of sp³-hybridized carbons (Fsp3) is 0.458. The first-order valence-electron chi connectivity index (χ1n) is 10.4. The molecule has 0 radical (unpaired) electrons. The van der Waals surface area contributed by atoms with Crippen LogP contribution in [-0.2, 0) is 0 Å². The van der Waals surface area contributed by atoms with Crippen molar-refractivity contribution in [2.45, 2.75) is 52.9 Å². The van der Waals surface area contributed by atoms with E-state index in [4.69, 9.17) is 9.47 Å². The molecule has 0 aliphatic carbocycles. The summed E-state index contributed by atoms with van der Waals surface area (Å²) in [6, 6.07) is 14.7. The molecule has 152 valence electrons. The van der Waals surface area contributed by atoms with E-state index in [0.717, 1.165) is 30.2 Å². The molecule has 0 bridgehead atoms. The van der Waals surface area contributed by atoms with Crippen LogP contribution in [0.3, 0.4) is 0 Å². The van der Waals surface area contributed by atoms with E-state index in [1.807, 2.05) is 36.4 Å². The molecule has 0 heterocycles. The molecule has 0 aromatic heterocycles. The van der Waals surface area contributed by atoms with Crippen molar-refractivity contribution in [1.29, 1.82) is 0 Å². The molecule has 0 saturated carbocycles. The van der Waals surface area contributed by atoms with Gasteiger partial charge in [0.05, 0.1) is 13.2 Å². The number of nitrogens with one attached hydrogen (secondary N) is 1. The van der Waals surface area contributed by atoms with Gasteiger partial charge < -0.3 is 14.8 Å². The van der Waals surface area contributed by atoms with Crippen LogP contribution in [0.5, 0.6) is 11.5 Å². The average Bonchev–Trinajstić information content (AvgIpc) is 2.70. The fourth-order valence-corrected chi connectivity index (χ4v) is 2.70. The molecule has 0 fully saturated rings. The van der Waals surface area contributed by atoms with Crippen LogP contribution >= 0.6 is 0 Å². The topological polar surface area (TPSA) is 47.6 Å². The van der Waals surface area contributed by atoms with Crippen LogP contribution in [0.2, 0.25) is 0 Å². The molecule has 28 heavy (non-hydrogen) atoms. The van der Waals surface area contributed by atoms with Crippen LogP contribution in [0.25, 0.3) is 0 Å². The molecule has 0 spiro atoms. The monoisotopic (exact) mass is 383 g/mol. The van der Waals surface area contributed by atoms with E-state index >= 15 is 0 Å². The van der Waals surface area contributed by atoms with Crippen LogP contribution in [0, 0.1) is 5.92 Å². The smallest absolute Gasteiger partial charge is 0.255 e. The van der Waals surface area contributed by atoms with Crippen LogP contribution in [0.4, 0.5) is 5.69 Å². The zero-order valence-electron chi connectivity index (χ0n) is 17.4. The molecular formula is C24H33NO3. The molecule has 0 aliphatic rings. The Kier molecular flexibility index (Phi) is 9.40. The van der Waals surface area contributed by atoms with E-state index in [-0.39, 0.29) is 5.91 Å². The minimum absolute atomic E-state index is 0.139. The Hall–Kier alpha value is -2.49. The van der Waals surface area contributed by atoms with Gasteiger partial charge in [-0.15, -0.1) is 0 Å². The van der Waals surface area contributed by atoms with Crippen LogP contribution in [0.1, 0.15) is 63.2 Å². The Morgan fingerprint density at radius 2 is 1.46 bits per heavy atom. The standard InChI is InChI=1S/C24H33NO3/c1-4-5-6-7-8-17-27-22-15-11-21(12-16-22)25-24(26)20-9-13-23(14-10-20)28-18-19(2)3/h9-16,19H,4-8,17-18H2,1-3H3,(H,25,26). The van der Waals surface area contributed by atoms with Crippen molar-refractivity contribution in [3.8, 4) is 11.5 Å². The SMILES string of the molecule is CCCCCCCOc1ccc(NC(=O)c2ccc(OCC(C)C)cc2)cc1. The summed E-state index contributed by atoms with van der Waals surface area (Å²) in [7, 11) is 0. The number of anilines is 1. The first kappa shape index (κ1) is 21.8. The number of amides is 1. The van der Waals surface area contributed by atoms with Gasteiger partial charge in [0.15, 0.2) is 0 Å². The zero-order chi connectivity index (χ0) is 20.2. The second-order valence-electron chi connectivity index (χ2n) is 7.47. The molecule has 2 aromatic rings. The normalized spacial score (nSPS) is 10.7. The lowest BCUT2D eigenvalue weighted by Gasteiger charge is -2.10. The molecule has 4 heteroatoms. The van der Waals surface area contributed by atoms with Gasteiger partial charge in [0.25, 0.3) is 5.91 Å². The molecule has 1 N–H and O–H groups in total. The van der Waals surface area contributed by atoms with E-state index in [2.05, 4.69) is 26.1 Å². The van der Waals surface area contributed by atoms with E-state index in [0.29, 0.717) is 18.1 Å². The largest absolute Gasteiger partial charge is 0.494 e. The summed E-state index contributed by atoms with van der Waals surface area (Å²) in [4.78, 5) is 12.4. The second kappa shape index (κ2) is 12.1. The van der Waals surface area contributed by atoms with Crippen molar-refractivity contribution >= 4 is 11.6 Å². The Bertz CT molecular complexity index is 693. The highest BCUT2D eigenvalue weighted by molar-refractivity contribution is 6.04. The number of hydrogen-bond acceptors (Lipinski definition) is 3. The van der Waals surface area contributed by atoms with Gasteiger partial charge in [0.1, 0.15) is 11.5 Å². The maximum Gasteiger partial charge on any atom is 0.255 e. The summed E-state index contributed by atoms with van der Waals surface area (Å²) < 4.78 is 11.4. The van der Waals surface area contributed by atoms with Crippen molar-refractivity contribution < 1.29 is 14.3 Å². The van der Waals surface area contributed by atoms with E-state index in [1.54, 1.807) is 12.1 Å². The number of carbonyl (C=O) groups is 1. The summed E-state index contributed by atoms with van der Waals surface area (Å²) in [5, 5.41) is 2.91. The van der Waals surface area contributed by atoms with Gasteiger partial charge in [-0.25, -0.2) is 0 Å². The highest BCUT2D eigenvalue weighted by Crippen LogP contribution is 2.18. The molecular weight excluding hydrogens is 350 g/mol. The molecule has 2 rings (SSSR count). The Morgan fingerprint density at radius 1 is 0.857 bits per heavy atom. The number of carbonyl (C=O) groups excluding carboxylic acids is 1. The Balaban J connectivity index is 1.77. The molecule has 0 saturated heterocycles. The van der Waals surface area contributed by atoms with Crippen molar-refractivity contribution in [2.24, 2.45) is 5.92 Å². The van der Waals surface area contributed by atoms with Crippen molar-refractivity contribution in [3.05, 3.63) is 54.1 Å². The lowest BCUT2D eigenvalue weighted by molar-refractivity contribution is 0.102. The Labute approximate surface area is 169 Å². The molecule has 4 nitrogen and oxygen atoms in total. The predicted octanol–water partition coefficient (Wildman–Crippen LogP) is 6.32. The summed E-state index contributed by atoms with van der Waals surface area (Å²) in [6.07, 6.45) is 6.11. The molecule has 2 aromatic carbocycles.